The van der Waals surface area contributed by atoms with Gasteiger partial charge in [-0.2, -0.15) is 0 Å². The van der Waals surface area contributed by atoms with Crippen LogP contribution in [0.1, 0.15) is 45.2 Å². The Morgan fingerprint density at radius 1 is 1.26 bits per heavy atom. The highest BCUT2D eigenvalue weighted by atomic mass is 35.5. The van der Waals surface area contributed by atoms with E-state index in [9.17, 15) is 0 Å². The van der Waals surface area contributed by atoms with Crippen LogP contribution in [-0.2, 0) is 6.54 Å². The maximum atomic E-state index is 6.24. The molecule has 0 N–H and O–H groups in total. The van der Waals surface area contributed by atoms with E-state index in [1.165, 1.54) is 25.7 Å². The molecule has 1 aliphatic carbocycles. The second kappa shape index (κ2) is 6.92. The van der Waals surface area contributed by atoms with E-state index in [-0.39, 0.29) is 0 Å². The summed E-state index contributed by atoms with van der Waals surface area (Å²) in [5.41, 5.74) is 0.904. The van der Waals surface area contributed by atoms with E-state index >= 15 is 0 Å². The molecule has 0 aliphatic heterocycles. The van der Waals surface area contributed by atoms with Gasteiger partial charge >= 0.3 is 0 Å². The van der Waals surface area contributed by atoms with E-state index in [0.29, 0.717) is 17.1 Å². The summed E-state index contributed by atoms with van der Waals surface area (Å²) in [5.74, 6) is 0.651. The first-order valence-electron chi connectivity index (χ1n) is 7.11. The lowest BCUT2D eigenvalue weighted by Gasteiger charge is -2.30. The number of rotatable bonds is 5. The molecule has 1 heterocycles. The zero-order valence-corrected chi connectivity index (χ0v) is 13.2. The van der Waals surface area contributed by atoms with Gasteiger partial charge in [0.25, 0.3) is 0 Å². The first-order chi connectivity index (χ1) is 9.06. The second-order valence-corrected chi connectivity index (χ2v) is 6.62. The van der Waals surface area contributed by atoms with Crippen LogP contribution in [0.2, 0.25) is 10.2 Å². The molecule has 0 aromatic carbocycles. The number of hydrogen-bond donors (Lipinski definition) is 0. The van der Waals surface area contributed by atoms with Gasteiger partial charge in [-0.15, -0.1) is 0 Å². The van der Waals surface area contributed by atoms with Crippen molar-refractivity contribution in [1.82, 2.24) is 9.88 Å². The van der Waals surface area contributed by atoms with Crippen molar-refractivity contribution in [3.05, 3.63) is 28.0 Å². The van der Waals surface area contributed by atoms with Crippen LogP contribution in [0.15, 0.2) is 12.1 Å². The van der Waals surface area contributed by atoms with Gasteiger partial charge in [-0.3, -0.25) is 4.90 Å². The molecular weight excluding hydrogens is 279 g/mol. The van der Waals surface area contributed by atoms with Crippen LogP contribution in [0.25, 0.3) is 0 Å². The molecule has 1 aromatic heterocycles. The topological polar surface area (TPSA) is 16.1 Å². The quantitative estimate of drug-likeness (QED) is 0.727. The Kier molecular flexibility index (Phi) is 5.49. The van der Waals surface area contributed by atoms with Crippen molar-refractivity contribution in [3.8, 4) is 0 Å². The monoisotopic (exact) mass is 300 g/mol. The maximum absolute atomic E-state index is 6.24. The maximum Gasteiger partial charge on any atom is 0.129 e. The van der Waals surface area contributed by atoms with E-state index in [4.69, 9.17) is 23.2 Å². The number of pyridine rings is 1. The molecule has 0 unspecified atom stereocenters. The molecule has 0 atom stereocenters. The van der Waals surface area contributed by atoms with E-state index in [2.05, 4.69) is 23.7 Å². The van der Waals surface area contributed by atoms with Gasteiger partial charge in [0.1, 0.15) is 5.15 Å². The van der Waals surface area contributed by atoms with Crippen molar-refractivity contribution in [1.29, 1.82) is 0 Å². The predicted octanol–water partition coefficient (Wildman–Crippen LogP) is 4.79. The molecule has 0 amide bonds. The summed E-state index contributed by atoms with van der Waals surface area (Å²) in [5, 5.41) is 1.24. The minimum atomic E-state index is 0.523. The van der Waals surface area contributed by atoms with Crippen LogP contribution >= 0.6 is 23.2 Å². The van der Waals surface area contributed by atoms with Gasteiger partial charge in [-0.1, -0.05) is 49.9 Å². The molecule has 0 saturated heterocycles. The Morgan fingerprint density at radius 2 is 1.95 bits per heavy atom. The zero-order valence-electron chi connectivity index (χ0n) is 11.7. The standard InChI is InChI=1S/C15H22Cl2N2/c1-11(2)9-19(12-5-3-4-6-12)10-14-13(16)7-8-15(17)18-14/h7-8,11-12H,3-6,9-10H2,1-2H3. The third-order valence-corrected chi connectivity index (χ3v) is 4.23. The Balaban J connectivity index is 2.12. The fourth-order valence-electron chi connectivity index (χ4n) is 2.84. The summed E-state index contributed by atoms with van der Waals surface area (Å²) < 4.78 is 0. The lowest BCUT2D eigenvalue weighted by molar-refractivity contribution is 0.166. The number of hydrogen-bond acceptors (Lipinski definition) is 2. The Morgan fingerprint density at radius 3 is 2.58 bits per heavy atom. The van der Waals surface area contributed by atoms with Crippen LogP contribution in [0, 0.1) is 5.92 Å². The van der Waals surface area contributed by atoms with Crippen LogP contribution in [0.3, 0.4) is 0 Å². The summed E-state index contributed by atoms with van der Waals surface area (Å²) in [4.78, 5) is 6.91. The normalized spacial score (nSPS) is 16.7. The van der Waals surface area contributed by atoms with E-state index in [1.807, 2.05) is 6.07 Å². The van der Waals surface area contributed by atoms with Gasteiger partial charge < -0.3 is 0 Å². The molecular formula is C15H22Cl2N2. The summed E-state index contributed by atoms with van der Waals surface area (Å²) in [6, 6.07) is 4.27. The molecule has 19 heavy (non-hydrogen) atoms. The highest BCUT2D eigenvalue weighted by Gasteiger charge is 2.24. The first kappa shape index (κ1) is 15.1. The fraction of sp³-hybridized carbons (Fsp3) is 0.667. The third-order valence-electron chi connectivity index (χ3n) is 3.68. The van der Waals surface area contributed by atoms with Crippen molar-refractivity contribution < 1.29 is 0 Å². The molecule has 4 heteroatoms. The van der Waals surface area contributed by atoms with Crippen LogP contribution in [-0.4, -0.2) is 22.5 Å². The van der Waals surface area contributed by atoms with Gasteiger partial charge in [0.15, 0.2) is 0 Å². The minimum Gasteiger partial charge on any atom is -0.294 e. The zero-order chi connectivity index (χ0) is 13.8. The molecule has 1 saturated carbocycles. The van der Waals surface area contributed by atoms with Crippen molar-refractivity contribution in [2.45, 2.75) is 52.1 Å². The first-order valence-corrected chi connectivity index (χ1v) is 7.87. The number of halogens is 2. The predicted molar refractivity (Wildman–Crippen MR) is 81.8 cm³/mol. The highest BCUT2D eigenvalue weighted by molar-refractivity contribution is 6.32. The highest BCUT2D eigenvalue weighted by Crippen LogP contribution is 2.27. The lowest BCUT2D eigenvalue weighted by Crippen LogP contribution is -2.36. The Labute approximate surface area is 126 Å². The Hall–Kier alpha value is -0.310. The third kappa shape index (κ3) is 4.34. The molecule has 1 aliphatic rings. The number of nitrogens with zero attached hydrogens (tertiary/aromatic N) is 2. The van der Waals surface area contributed by atoms with Crippen LogP contribution < -0.4 is 0 Å². The fourth-order valence-corrected chi connectivity index (χ4v) is 3.17. The molecule has 2 nitrogen and oxygen atoms in total. The summed E-state index contributed by atoms with van der Waals surface area (Å²) >= 11 is 12.2. The second-order valence-electron chi connectivity index (χ2n) is 5.82. The van der Waals surface area contributed by atoms with E-state index in [1.54, 1.807) is 6.07 Å². The van der Waals surface area contributed by atoms with Crippen molar-refractivity contribution in [2.75, 3.05) is 6.54 Å². The van der Waals surface area contributed by atoms with E-state index in [0.717, 1.165) is 23.8 Å². The van der Waals surface area contributed by atoms with Crippen LogP contribution in [0.4, 0.5) is 0 Å². The van der Waals surface area contributed by atoms with Crippen molar-refractivity contribution >= 4 is 23.2 Å². The SMILES string of the molecule is CC(C)CN(Cc1nc(Cl)ccc1Cl)C1CCCC1. The van der Waals surface area contributed by atoms with Crippen molar-refractivity contribution in [3.63, 3.8) is 0 Å². The number of aromatic nitrogens is 1. The molecule has 1 fully saturated rings. The average Bonchev–Trinajstić information content (AvgIpc) is 2.86. The molecule has 2 rings (SSSR count). The lowest BCUT2D eigenvalue weighted by atomic mass is 10.1. The van der Waals surface area contributed by atoms with Gasteiger partial charge in [-0.05, 0) is 30.9 Å². The van der Waals surface area contributed by atoms with Crippen molar-refractivity contribution in [2.24, 2.45) is 5.92 Å². The smallest absolute Gasteiger partial charge is 0.129 e. The summed E-state index contributed by atoms with van der Waals surface area (Å²) in [6.45, 7) is 6.42. The van der Waals surface area contributed by atoms with Gasteiger partial charge in [0, 0.05) is 19.1 Å². The average molecular weight is 301 g/mol. The Bertz CT molecular complexity index is 415. The van der Waals surface area contributed by atoms with Gasteiger partial charge in [-0.25, -0.2) is 4.98 Å². The van der Waals surface area contributed by atoms with Gasteiger partial charge in [0.2, 0.25) is 0 Å². The van der Waals surface area contributed by atoms with Crippen LogP contribution in [0.5, 0.6) is 0 Å². The summed E-state index contributed by atoms with van der Waals surface area (Å²) in [6.07, 6.45) is 5.28. The van der Waals surface area contributed by atoms with E-state index < -0.39 is 0 Å². The molecule has 0 spiro atoms. The largest absolute Gasteiger partial charge is 0.294 e. The summed E-state index contributed by atoms with van der Waals surface area (Å²) in [7, 11) is 0. The molecule has 106 valence electrons. The molecule has 1 aromatic rings. The van der Waals surface area contributed by atoms with Gasteiger partial charge in [0.05, 0.1) is 10.7 Å². The molecule has 0 bridgehead atoms. The molecule has 0 radical (unpaired) electrons. The minimum absolute atomic E-state index is 0.523.